The molecule has 2 heterocycles. The summed E-state index contributed by atoms with van der Waals surface area (Å²) in [6.07, 6.45) is 4.66. The standard InChI is InChI=1S/C11H15N5O2S/c1-16-5-4-13-11(16)8-15-19(17,18)10-3-2-9(6-12)14-7-10/h2-5,7,15H,6,8,12H2,1H3. The Balaban J connectivity index is 2.11. The van der Waals surface area contributed by atoms with Crippen molar-refractivity contribution >= 4 is 10.0 Å². The van der Waals surface area contributed by atoms with Crippen LogP contribution in [0.1, 0.15) is 11.5 Å². The summed E-state index contributed by atoms with van der Waals surface area (Å²) >= 11 is 0. The fourth-order valence-corrected chi connectivity index (χ4v) is 2.42. The van der Waals surface area contributed by atoms with Gasteiger partial charge in [0.1, 0.15) is 10.7 Å². The number of hydrogen-bond donors (Lipinski definition) is 2. The molecule has 0 atom stereocenters. The van der Waals surface area contributed by atoms with Crippen molar-refractivity contribution in [3.05, 3.63) is 42.2 Å². The molecule has 0 fully saturated rings. The highest BCUT2D eigenvalue weighted by Crippen LogP contribution is 2.08. The number of sulfonamides is 1. The Morgan fingerprint density at radius 1 is 1.37 bits per heavy atom. The highest BCUT2D eigenvalue weighted by atomic mass is 32.2. The van der Waals surface area contributed by atoms with Crippen LogP contribution in [0.2, 0.25) is 0 Å². The van der Waals surface area contributed by atoms with Crippen molar-refractivity contribution in [2.45, 2.75) is 18.0 Å². The number of aryl methyl sites for hydroxylation is 1. The second kappa shape index (κ2) is 5.47. The second-order valence-electron chi connectivity index (χ2n) is 3.97. The molecule has 0 saturated heterocycles. The highest BCUT2D eigenvalue weighted by Gasteiger charge is 2.15. The quantitative estimate of drug-likeness (QED) is 0.787. The molecule has 2 aromatic heterocycles. The fourth-order valence-electron chi connectivity index (χ4n) is 1.50. The van der Waals surface area contributed by atoms with Crippen LogP contribution in [-0.4, -0.2) is 23.0 Å². The van der Waals surface area contributed by atoms with E-state index in [1.54, 1.807) is 30.1 Å². The number of nitrogens with two attached hydrogens (primary N) is 1. The van der Waals surface area contributed by atoms with E-state index in [0.29, 0.717) is 11.5 Å². The fraction of sp³-hybridized carbons (Fsp3) is 0.273. The van der Waals surface area contributed by atoms with Crippen LogP contribution in [0.4, 0.5) is 0 Å². The number of imidazole rings is 1. The third-order valence-corrected chi connectivity index (χ3v) is 4.04. The SMILES string of the molecule is Cn1ccnc1CNS(=O)(=O)c1ccc(CN)nc1. The van der Waals surface area contributed by atoms with Crippen molar-refractivity contribution < 1.29 is 8.42 Å². The molecule has 0 spiro atoms. The minimum atomic E-state index is -3.58. The average Bonchev–Trinajstić information content (AvgIpc) is 2.82. The summed E-state index contributed by atoms with van der Waals surface area (Å²) in [7, 11) is -1.78. The van der Waals surface area contributed by atoms with Gasteiger partial charge in [-0.2, -0.15) is 0 Å². The van der Waals surface area contributed by atoms with Crippen LogP contribution in [0, 0.1) is 0 Å². The van der Waals surface area contributed by atoms with Crippen molar-refractivity contribution in [2.75, 3.05) is 0 Å². The Bertz CT molecular complexity index is 648. The van der Waals surface area contributed by atoms with Crippen molar-refractivity contribution in [2.24, 2.45) is 12.8 Å². The molecule has 0 aromatic carbocycles. The highest BCUT2D eigenvalue weighted by molar-refractivity contribution is 7.89. The van der Waals surface area contributed by atoms with Gasteiger partial charge >= 0.3 is 0 Å². The van der Waals surface area contributed by atoms with Gasteiger partial charge in [-0.25, -0.2) is 18.1 Å². The van der Waals surface area contributed by atoms with Crippen LogP contribution < -0.4 is 10.5 Å². The molecule has 2 rings (SSSR count). The minimum Gasteiger partial charge on any atom is -0.337 e. The molecule has 0 aliphatic heterocycles. The molecule has 19 heavy (non-hydrogen) atoms. The molecule has 8 heteroatoms. The van der Waals surface area contributed by atoms with Gasteiger partial charge in [-0.3, -0.25) is 4.98 Å². The lowest BCUT2D eigenvalue weighted by Gasteiger charge is -2.07. The first kappa shape index (κ1) is 13.7. The van der Waals surface area contributed by atoms with E-state index >= 15 is 0 Å². The van der Waals surface area contributed by atoms with Crippen LogP contribution >= 0.6 is 0 Å². The molecule has 0 aliphatic rings. The average molecular weight is 281 g/mol. The lowest BCUT2D eigenvalue weighted by molar-refractivity contribution is 0.577. The number of nitrogens with zero attached hydrogens (tertiary/aromatic N) is 3. The van der Waals surface area contributed by atoms with E-state index in [1.165, 1.54) is 12.3 Å². The van der Waals surface area contributed by atoms with Crippen LogP contribution in [-0.2, 0) is 30.2 Å². The zero-order valence-corrected chi connectivity index (χ0v) is 11.3. The van der Waals surface area contributed by atoms with Gasteiger partial charge in [0, 0.05) is 32.2 Å². The molecule has 0 amide bonds. The number of hydrogen-bond acceptors (Lipinski definition) is 5. The third-order valence-electron chi connectivity index (χ3n) is 2.66. The summed E-state index contributed by atoms with van der Waals surface area (Å²) in [5, 5.41) is 0. The van der Waals surface area contributed by atoms with Gasteiger partial charge in [-0.15, -0.1) is 0 Å². The summed E-state index contributed by atoms with van der Waals surface area (Å²) in [4.78, 5) is 8.11. The predicted octanol–water partition coefficient (Wildman–Crippen LogP) is -0.248. The Kier molecular flexibility index (Phi) is 3.93. The molecule has 0 bridgehead atoms. The zero-order valence-electron chi connectivity index (χ0n) is 10.4. The van der Waals surface area contributed by atoms with Gasteiger partial charge in [0.15, 0.2) is 0 Å². The van der Waals surface area contributed by atoms with E-state index in [0.717, 1.165) is 0 Å². The van der Waals surface area contributed by atoms with Crippen molar-refractivity contribution in [3.63, 3.8) is 0 Å². The maximum Gasteiger partial charge on any atom is 0.242 e. The summed E-state index contributed by atoms with van der Waals surface area (Å²) in [5.41, 5.74) is 6.05. The number of nitrogens with one attached hydrogen (secondary N) is 1. The summed E-state index contributed by atoms with van der Waals surface area (Å²) in [6.45, 7) is 0.408. The molecule has 2 aromatic rings. The first-order chi connectivity index (χ1) is 9.03. The van der Waals surface area contributed by atoms with Crippen molar-refractivity contribution in [1.82, 2.24) is 19.3 Å². The number of aromatic nitrogens is 3. The van der Waals surface area contributed by atoms with Gasteiger partial charge in [0.2, 0.25) is 10.0 Å². The topological polar surface area (TPSA) is 103 Å². The lowest BCUT2D eigenvalue weighted by atomic mass is 10.4. The Hall–Kier alpha value is -1.77. The first-order valence-corrected chi connectivity index (χ1v) is 7.12. The molecule has 0 saturated carbocycles. The van der Waals surface area contributed by atoms with Gasteiger partial charge in [0.05, 0.1) is 12.2 Å². The van der Waals surface area contributed by atoms with Crippen LogP contribution in [0.5, 0.6) is 0 Å². The Morgan fingerprint density at radius 3 is 2.68 bits per heavy atom. The molecule has 3 N–H and O–H groups in total. The predicted molar refractivity (Wildman–Crippen MR) is 69.4 cm³/mol. The van der Waals surface area contributed by atoms with E-state index in [-0.39, 0.29) is 18.0 Å². The number of pyridine rings is 1. The van der Waals surface area contributed by atoms with Gasteiger partial charge in [-0.05, 0) is 12.1 Å². The lowest BCUT2D eigenvalue weighted by Crippen LogP contribution is -2.25. The molecular weight excluding hydrogens is 266 g/mol. The zero-order chi connectivity index (χ0) is 13.9. The van der Waals surface area contributed by atoms with Crippen LogP contribution in [0.3, 0.4) is 0 Å². The van der Waals surface area contributed by atoms with E-state index < -0.39 is 10.0 Å². The van der Waals surface area contributed by atoms with E-state index in [2.05, 4.69) is 14.7 Å². The summed E-state index contributed by atoms with van der Waals surface area (Å²) in [5.74, 6) is 0.634. The molecule has 0 radical (unpaired) electrons. The molecule has 0 aliphatic carbocycles. The monoisotopic (exact) mass is 281 g/mol. The van der Waals surface area contributed by atoms with Crippen LogP contribution in [0.25, 0.3) is 0 Å². The third kappa shape index (κ3) is 3.16. The van der Waals surface area contributed by atoms with Gasteiger partial charge in [-0.1, -0.05) is 0 Å². The second-order valence-corrected chi connectivity index (χ2v) is 5.74. The molecular formula is C11H15N5O2S. The van der Waals surface area contributed by atoms with E-state index in [9.17, 15) is 8.42 Å². The smallest absolute Gasteiger partial charge is 0.242 e. The molecule has 7 nitrogen and oxygen atoms in total. The maximum atomic E-state index is 12.0. The maximum absolute atomic E-state index is 12.0. The molecule has 0 unspecified atom stereocenters. The Labute approximate surface area is 111 Å². The van der Waals surface area contributed by atoms with E-state index in [1.807, 2.05) is 0 Å². The van der Waals surface area contributed by atoms with Gasteiger partial charge in [0.25, 0.3) is 0 Å². The number of rotatable bonds is 5. The normalized spacial score (nSPS) is 11.7. The largest absolute Gasteiger partial charge is 0.337 e. The Morgan fingerprint density at radius 2 is 2.16 bits per heavy atom. The minimum absolute atomic E-state index is 0.110. The van der Waals surface area contributed by atoms with Crippen LogP contribution in [0.15, 0.2) is 35.6 Å². The first-order valence-electron chi connectivity index (χ1n) is 5.64. The summed E-state index contributed by atoms with van der Waals surface area (Å²) < 4.78 is 28.3. The van der Waals surface area contributed by atoms with Crippen molar-refractivity contribution in [1.29, 1.82) is 0 Å². The van der Waals surface area contributed by atoms with E-state index in [4.69, 9.17) is 5.73 Å². The van der Waals surface area contributed by atoms with Crippen molar-refractivity contribution in [3.8, 4) is 0 Å². The van der Waals surface area contributed by atoms with Gasteiger partial charge < -0.3 is 10.3 Å². The summed E-state index contributed by atoms with van der Waals surface area (Å²) in [6, 6.07) is 3.07. The molecule has 102 valence electrons.